The van der Waals surface area contributed by atoms with Gasteiger partial charge in [-0.3, -0.25) is 14.4 Å². The van der Waals surface area contributed by atoms with E-state index in [1.54, 1.807) is 18.2 Å². The molecule has 0 unspecified atom stereocenters. The van der Waals surface area contributed by atoms with Crippen LogP contribution in [0.3, 0.4) is 0 Å². The Kier molecular flexibility index (Phi) is 3.67. The Bertz CT molecular complexity index is 1260. The number of aromatic nitrogens is 2. The SMILES string of the molecule is O=C(Nc1ccc2[nH]c(=O)c(=O)[nH]c2c1)c1sc2ccccc2c1Cl. The number of rotatable bonds is 2. The van der Waals surface area contributed by atoms with Crippen LogP contribution in [0.1, 0.15) is 9.67 Å². The van der Waals surface area contributed by atoms with E-state index in [1.165, 1.54) is 11.3 Å². The summed E-state index contributed by atoms with van der Waals surface area (Å²) in [5.41, 5.74) is -0.0917. The Hall–Kier alpha value is -2.90. The zero-order chi connectivity index (χ0) is 17.6. The maximum absolute atomic E-state index is 12.5. The summed E-state index contributed by atoms with van der Waals surface area (Å²) in [6.45, 7) is 0. The fourth-order valence-corrected chi connectivity index (χ4v) is 3.95. The molecule has 3 N–H and O–H groups in total. The Morgan fingerprint density at radius 1 is 1.00 bits per heavy atom. The van der Waals surface area contributed by atoms with E-state index in [-0.39, 0.29) is 5.91 Å². The standard InChI is InChI=1S/C17H10ClN3O3S/c18-13-9-3-1-2-4-12(9)25-14(13)15(22)19-8-5-6-10-11(7-8)21-17(24)16(23)20-10/h1-7H,(H,19,22)(H,20,23)(H,21,24). The maximum atomic E-state index is 12.5. The molecule has 25 heavy (non-hydrogen) atoms. The van der Waals surface area contributed by atoms with Crippen LogP contribution in [0.4, 0.5) is 5.69 Å². The number of H-pyrrole nitrogens is 2. The highest BCUT2D eigenvalue weighted by atomic mass is 35.5. The fourth-order valence-electron chi connectivity index (χ4n) is 2.54. The predicted molar refractivity (Wildman–Crippen MR) is 100.0 cm³/mol. The summed E-state index contributed by atoms with van der Waals surface area (Å²) < 4.78 is 0.929. The molecule has 8 heteroatoms. The summed E-state index contributed by atoms with van der Waals surface area (Å²) in [7, 11) is 0. The number of aromatic amines is 2. The van der Waals surface area contributed by atoms with Gasteiger partial charge in [0.2, 0.25) is 0 Å². The van der Waals surface area contributed by atoms with E-state index >= 15 is 0 Å². The van der Waals surface area contributed by atoms with Gasteiger partial charge in [0.15, 0.2) is 0 Å². The Balaban J connectivity index is 1.71. The molecular weight excluding hydrogens is 362 g/mol. The van der Waals surface area contributed by atoms with E-state index < -0.39 is 11.1 Å². The van der Waals surface area contributed by atoms with Crippen LogP contribution in [0.15, 0.2) is 52.1 Å². The van der Waals surface area contributed by atoms with Crippen molar-refractivity contribution in [3.05, 3.63) is 73.1 Å². The van der Waals surface area contributed by atoms with E-state index in [0.717, 1.165) is 10.1 Å². The number of fused-ring (bicyclic) bond motifs is 2. The third kappa shape index (κ3) is 2.73. The van der Waals surface area contributed by atoms with Crippen LogP contribution in [0.2, 0.25) is 5.02 Å². The van der Waals surface area contributed by atoms with Crippen LogP contribution >= 0.6 is 22.9 Å². The highest BCUT2D eigenvalue weighted by Crippen LogP contribution is 2.35. The van der Waals surface area contributed by atoms with Crippen molar-refractivity contribution in [1.82, 2.24) is 9.97 Å². The molecule has 0 saturated carbocycles. The summed E-state index contributed by atoms with van der Waals surface area (Å²) in [4.78, 5) is 40.6. The lowest BCUT2D eigenvalue weighted by molar-refractivity contribution is 0.103. The van der Waals surface area contributed by atoms with Crippen molar-refractivity contribution < 1.29 is 4.79 Å². The monoisotopic (exact) mass is 371 g/mol. The largest absolute Gasteiger partial charge is 0.321 e. The van der Waals surface area contributed by atoms with Crippen molar-refractivity contribution in [3.63, 3.8) is 0 Å². The quantitative estimate of drug-likeness (QED) is 0.471. The van der Waals surface area contributed by atoms with E-state index in [2.05, 4.69) is 15.3 Å². The second kappa shape index (κ2) is 5.87. The molecule has 0 aliphatic rings. The number of carbonyl (C=O) groups excluding carboxylic acids is 1. The fraction of sp³-hybridized carbons (Fsp3) is 0. The number of amides is 1. The van der Waals surface area contributed by atoms with Crippen LogP contribution in [-0.4, -0.2) is 15.9 Å². The minimum absolute atomic E-state index is 0.336. The van der Waals surface area contributed by atoms with Crippen LogP contribution in [0.5, 0.6) is 0 Å². The lowest BCUT2D eigenvalue weighted by Crippen LogP contribution is -2.28. The molecule has 1 amide bonds. The van der Waals surface area contributed by atoms with Gasteiger partial charge in [-0.25, -0.2) is 0 Å². The number of nitrogens with one attached hydrogen (secondary N) is 3. The second-order valence-corrected chi connectivity index (χ2v) is 6.79. The second-order valence-electron chi connectivity index (χ2n) is 5.36. The zero-order valence-electron chi connectivity index (χ0n) is 12.6. The lowest BCUT2D eigenvalue weighted by atomic mass is 10.2. The molecule has 0 bridgehead atoms. The third-order valence-electron chi connectivity index (χ3n) is 3.72. The molecule has 0 aliphatic heterocycles. The van der Waals surface area contributed by atoms with Gasteiger partial charge in [0.1, 0.15) is 4.88 Å². The highest BCUT2D eigenvalue weighted by Gasteiger charge is 2.17. The van der Waals surface area contributed by atoms with E-state index in [1.807, 2.05) is 24.3 Å². The van der Waals surface area contributed by atoms with Gasteiger partial charge < -0.3 is 15.3 Å². The predicted octanol–water partition coefficient (Wildman–Crippen LogP) is 3.34. The summed E-state index contributed by atoms with van der Waals surface area (Å²) in [5.74, 6) is -0.336. The van der Waals surface area contributed by atoms with Gasteiger partial charge in [0, 0.05) is 15.8 Å². The summed E-state index contributed by atoms with van der Waals surface area (Å²) in [6.07, 6.45) is 0. The molecule has 0 aliphatic carbocycles. The molecule has 124 valence electrons. The van der Waals surface area contributed by atoms with Crippen molar-refractivity contribution in [2.75, 3.05) is 5.32 Å². The van der Waals surface area contributed by atoms with Gasteiger partial charge in [-0.2, -0.15) is 0 Å². The summed E-state index contributed by atoms with van der Waals surface area (Å²) >= 11 is 7.62. The molecule has 0 atom stereocenters. The summed E-state index contributed by atoms with van der Waals surface area (Å²) in [5, 5.41) is 4.01. The van der Waals surface area contributed by atoms with Gasteiger partial charge in [-0.1, -0.05) is 29.8 Å². The topological polar surface area (TPSA) is 94.8 Å². The smallest absolute Gasteiger partial charge is 0.314 e. The third-order valence-corrected chi connectivity index (χ3v) is 5.40. The van der Waals surface area contributed by atoms with Crippen LogP contribution in [0.25, 0.3) is 21.1 Å². The van der Waals surface area contributed by atoms with Gasteiger partial charge >= 0.3 is 11.1 Å². The highest BCUT2D eigenvalue weighted by molar-refractivity contribution is 7.21. The molecule has 2 aromatic carbocycles. The van der Waals surface area contributed by atoms with E-state index in [0.29, 0.717) is 26.6 Å². The van der Waals surface area contributed by atoms with Crippen LogP contribution in [0, 0.1) is 0 Å². The minimum Gasteiger partial charge on any atom is -0.321 e. The van der Waals surface area contributed by atoms with E-state index in [9.17, 15) is 14.4 Å². The number of thiophene rings is 1. The van der Waals surface area contributed by atoms with Crippen molar-refractivity contribution in [1.29, 1.82) is 0 Å². The molecule has 4 aromatic rings. The number of hydrogen-bond acceptors (Lipinski definition) is 4. The number of halogens is 1. The van der Waals surface area contributed by atoms with Crippen molar-refractivity contribution in [2.24, 2.45) is 0 Å². The molecular formula is C17H10ClN3O3S. The molecule has 6 nitrogen and oxygen atoms in total. The normalized spacial score (nSPS) is 11.1. The molecule has 0 radical (unpaired) electrons. The average molecular weight is 372 g/mol. The van der Waals surface area contributed by atoms with Crippen molar-refractivity contribution in [3.8, 4) is 0 Å². The Labute approximate surface area is 149 Å². The molecule has 2 aromatic heterocycles. The van der Waals surface area contributed by atoms with Gasteiger partial charge in [-0.05, 0) is 24.3 Å². The van der Waals surface area contributed by atoms with Crippen LogP contribution < -0.4 is 16.4 Å². The molecule has 2 heterocycles. The molecule has 0 saturated heterocycles. The zero-order valence-corrected chi connectivity index (χ0v) is 14.1. The first-order valence-corrected chi connectivity index (χ1v) is 8.47. The number of carbonyl (C=O) groups is 1. The van der Waals surface area contributed by atoms with Gasteiger partial charge in [0.25, 0.3) is 5.91 Å². The average Bonchev–Trinajstić information content (AvgIpc) is 2.94. The van der Waals surface area contributed by atoms with Crippen LogP contribution in [-0.2, 0) is 0 Å². The molecule has 4 rings (SSSR count). The Morgan fingerprint density at radius 2 is 1.72 bits per heavy atom. The van der Waals surface area contributed by atoms with Gasteiger partial charge in [-0.15, -0.1) is 11.3 Å². The molecule has 0 spiro atoms. The number of anilines is 1. The summed E-state index contributed by atoms with van der Waals surface area (Å²) in [6, 6.07) is 12.3. The number of benzene rings is 2. The Morgan fingerprint density at radius 3 is 2.48 bits per heavy atom. The first-order chi connectivity index (χ1) is 12.0. The van der Waals surface area contributed by atoms with E-state index in [4.69, 9.17) is 11.6 Å². The van der Waals surface area contributed by atoms with Crippen molar-refractivity contribution in [2.45, 2.75) is 0 Å². The minimum atomic E-state index is -0.747. The first kappa shape index (κ1) is 15.6. The number of hydrogen-bond donors (Lipinski definition) is 3. The lowest BCUT2D eigenvalue weighted by Gasteiger charge is -2.05. The van der Waals surface area contributed by atoms with Crippen molar-refractivity contribution >= 4 is 55.7 Å². The van der Waals surface area contributed by atoms with Gasteiger partial charge in [0.05, 0.1) is 16.1 Å². The maximum Gasteiger partial charge on any atom is 0.314 e. The first-order valence-electron chi connectivity index (χ1n) is 7.27. The molecule has 0 fully saturated rings.